The first kappa shape index (κ1) is 33.2. The smallest absolute Gasteiger partial charge is 0.303 e. The van der Waals surface area contributed by atoms with Crippen LogP contribution in [0.25, 0.3) is 21.9 Å². The molecule has 250 valence electrons. The van der Waals surface area contributed by atoms with Gasteiger partial charge in [0.2, 0.25) is 0 Å². The summed E-state index contributed by atoms with van der Waals surface area (Å²) in [5.41, 5.74) is 1.88. The normalized spacial score (nSPS) is 21.3. The predicted molar refractivity (Wildman–Crippen MR) is 174 cm³/mol. The van der Waals surface area contributed by atoms with Crippen molar-refractivity contribution in [2.75, 3.05) is 6.61 Å². The van der Waals surface area contributed by atoms with E-state index in [-0.39, 0.29) is 27.8 Å². The Balaban J connectivity index is 1.61. The van der Waals surface area contributed by atoms with Gasteiger partial charge in [-0.1, -0.05) is 78.9 Å². The number of carbonyl (C=O) groups is 6. The fourth-order valence-electron chi connectivity index (χ4n) is 6.65. The minimum absolute atomic E-state index is 0.00929. The van der Waals surface area contributed by atoms with Crippen molar-refractivity contribution >= 4 is 46.2 Å². The van der Waals surface area contributed by atoms with E-state index in [1.807, 2.05) is 42.5 Å². The monoisotopic (exact) mass is 664 g/mol. The molecule has 2 aliphatic rings. The van der Waals surface area contributed by atoms with Crippen LogP contribution in [-0.2, 0) is 42.9 Å². The Hall–Kier alpha value is -5.68. The van der Waals surface area contributed by atoms with Gasteiger partial charge in [-0.15, -0.1) is 0 Å². The molecule has 0 saturated carbocycles. The third-order valence-corrected chi connectivity index (χ3v) is 8.49. The molecule has 1 fully saturated rings. The Labute approximate surface area is 281 Å². The van der Waals surface area contributed by atoms with Crippen molar-refractivity contribution in [1.29, 1.82) is 0 Å². The summed E-state index contributed by atoms with van der Waals surface area (Å²) in [5, 5.41) is 1.78. The molecule has 0 aromatic heterocycles. The number of rotatable bonds is 7. The van der Waals surface area contributed by atoms with E-state index in [1.54, 1.807) is 36.4 Å². The third-order valence-electron chi connectivity index (χ3n) is 8.49. The van der Waals surface area contributed by atoms with Gasteiger partial charge < -0.3 is 23.7 Å². The molecule has 1 aliphatic carbocycles. The van der Waals surface area contributed by atoms with Gasteiger partial charge in [0.25, 0.3) is 0 Å². The summed E-state index contributed by atoms with van der Waals surface area (Å²) in [7, 11) is 0. The highest BCUT2D eigenvalue weighted by Crippen LogP contribution is 2.45. The summed E-state index contributed by atoms with van der Waals surface area (Å²) in [6.07, 6.45) is -6.92. The molecule has 6 rings (SSSR count). The first-order chi connectivity index (χ1) is 23.5. The molecule has 1 saturated heterocycles. The van der Waals surface area contributed by atoms with Crippen molar-refractivity contribution in [2.45, 2.75) is 58.2 Å². The third kappa shape index (κ3) is 6.32. The van der Waals surface area contributed by atoms with E-state index in [4.69, 9.17) is 23.7 Å². The van der Waals surface area contributed by atoms with Crippen LogP contribution in [0, 0.1) is 0 Å². The predicted octanol–water partition coefficient (Wildman–Crippen LogP) is 5.08. The average Bonchev–Trinajstić information content (AvgIpc) is 3.06. The lowest BCUT2D eigenvalue weighted by Crippen LogP contribution is -2.59. The Morgan fingerprint density at radius 2 is 1.12 bits per heavy atom. The van der Waals surface area contributed by atoms with Crippen LogP contribution < -0.4 is 0 Å². The first-order valence-corrected chi connectivity index (χ1v) is 15.6. The van der Waals surface area contributed by atoms with Crippen molar-refractivity contribution in [3.8, 4) is 11.1 Å². The van der Waals surface area contributed by atoms with Gasteiger partial charge in [-0.25, -0.2) is 0 Å². The van der Waals surface area contributed by atoms with Gasteiger partial charge in [-0.2, -0.15) is 0 Å². The standard InChI is InChI=1S/C38H32O11/c1-19(39)45-18-30-36(46-20(2)40)38(48-22(4)42)37(47-21(3)41)35(49-30)29-17-16-26(25-15-9-11-23-10-5-6-12-24(23)25)31-32(29)34(44)28-14-8-7-13-27(28)33(31)43/h5-17,30,35-38H,18H2,1-4H3/t30-,35+,36-,37+,38+/m1/s1. The highest BCUT2D eigenvalue weighted by atomic mass is 16.7. The van der Waals surface area contributed by atoms with Crippen LogP contribution in [0.2, 0.25) is 0 Å². The van der Waals surface area contributed by atoms with Gasteiger partial charge in [0.15, 0.2) is 29.9 Å². The topological polar surface area (TPSA) is 149 Å². The maximum atomic E-state index is 14.5. The minimum Gasteiger partial charge on any atom is -0.463 e. The molecule has 0 unspecified atom stereocenters. The quantitative estimate of drug-likeness (QED) is 0.169. The number of fused-ring (bicyclic) bond motifs is 3. The SMILES string of the molecule is CC(=O)OC[C@H]1O[C@@H](c2ccc(-c3cccc4ccccc34)c3c2C(=O)c2ccccc2C3=O)[C@H](OC(C)=O)[C@@H](OC(C)=O)[C@@H]1OC(C)=O. The van der Waals surface area contributed by atoms with E-state index in [2.05, 4.69) is 0 Å². The largest absolute Gasteiger partial charge is 0.463 e. The van der Waals surface area contributed by atoms with Crippen LogP contribution in [0.3, 0.4) is 0 Å². The molecular formula is C38H32O11. The van der Waals surface area contributed by atoms with Crippen LogP contribution in [-0.4, -0.2) is 66.5 Å². The molecule has 4 aromatic carbocycles. The molecule has 0 bridgehead atoms. The van der Waals surface area contributed by atoms with E-state index in [1.165, 1.54) is 6.92 Å². The van der Waals surface area contributed by atoms with Gasteiger partial charge in [0, 0.05) is 49.9 Å². The molecule has 5 atom stereocenters. The fraction of sp³-hybridized carbons (Fsp3) is 0.263. The first-order valence-electron chi connectivity index (χ1n) is 15.6. The molecule has 0 N–H and O–H groups in total. The molecule has 0 spiro atoms. The lowest BCUT2D eigenvalue weighted by molar-refractivity contribution is -0.254. The number of benzene rings is 4. The summed E-state index contributed by atoms with van der Waals surface area (Å²) in [6, 6.07) is 23.1. The van der Waals surface area contributed by atoms with Crippen LogP contribution in [0.5, 0.6) is 0 Å². The van der Waals surface area contributed by atoms with Crippen molar-refractivity contribution < 1.29 is 52.5 Å². The van der Waals surface area contributed by atoms with Crippen LogP contribution in [0.15, 0.2) is 78.9 Å². The van der Waals surface area contributed by atoms with Gasteiger partial charge in [-0.3, -0.25) is 28.8 Å². The zero-order valence-corrected chi connectivity index (χ0v) is 27.1. The molecule has 1 aliphatic heterocycles. The average molecular weight is 665 g/mol. The van der Waals surface area contributed by atoms with E-state index in [0.29, 0.717) is 11.1 Å². The van der Waals surface area contributed by atoms with Gasteiger partial charge in [-0.05, 0) is 27.5 Å². The fourth-order valence-corrected chi connectivity index (χ4v) is 6.65. The number of hydrogen-bond acceptors (Lipinski definition) is 11. The van der Waals surface area contributed by atoms with E-state index >= 15 is 0 Å². The number of ketones is 2. The second-order valence-electron chi connectivity index (χ2n) is 11.8. The molecule has 0 amide bonds. The van der Waals surface area contributed by atoms with Gasteiger partial charge in [0.1, 0.15) is 18.8 Å². The zero-order valence-electron chi connectivity index (χ0n) is 27.1. The molecule has 49 heavy (non-hydrogen) atoms. The van der Waals surface area contributed by atoms with Crippen LogP contribution in [0.1, 0.15) is 71.2 Å². The lowest BCUT2D eigenvalue weighted by Gasteiger charge is -2.45. The Morgan fingerprint density at radius 3 is 1.78 bits per heavy atom. The Morgan fingerprint density at radius 1 is 0.571 bits per heavy atom. The molecule has 11 nitrogen and oxygen atoms in total. The minimum atomic E-state index is -1.47. The molecular weight excluding hydrogens is 632 g/mol. The second-order valence-corrected chi connectivity index (χ2v) is 11.8. The molecule has 1 heterocycles. The van der Waals surface area contributed by atoms with Crippen LogP contribution in [0.4, 0.5) is 0 Å². The zero-order chi connectivity index (χ0) is 35.0. The van der Waals surface area contributed by atoms with Gasteiger partial charge in [0.05, 0.1) is 0 Å². The number of hydrogen-bond donors (Lipinski definition) is 0. The molecule has 4 aromatic rings. The summed E-state index contributed by atoms with van der Waals surface area (Å²) in [6.45, 7) is 4.13. The van der Waals surface area contributed by atoms with E-state index < -0.39 is 72.6 Å². The van der Waals surface area contributed by atoms with Gasteiger partial charge >= 0.3 is 23.9 Å². The number of esters is 4. The van der Waals surface area contributed by atoms with Crippen molar-refractivity contribution in [3.63, 3.8) is 0 Å². The molecule has 0 radical (unpaired) electrons. The van der Waals surface area contributed by atoms with Crippen LogP contribution >= 0.6 is 0 Å². The second kappa shape index (κ2) is 13.4. The molecule has 11 heteroatoms. The summed E-state index contributed by atoms with van der Waals surface area (Å²) in [5.74, 6) is -3.89. The lowest BCUT2D eigenvalue weighted by atomic mass is 9.75. The van der Waals surface area contributed by atoms with Crippen molar-refractivity contribution in [2.24, 2.45) is 0 Å². The Bertz CT molecular complexity index is 2020. The van der Waals surface area contributed by atoms with E-state index in [9.17, 15) is 28.8 Å². The van der Waals surface area contributed by atoms with Crippen molar-refractivity contribution in [1.82, 2.24) is 0 Å². The Kier molecular flexibility index (Phi) is 9.11. The van der Waals surface area contributed by atoms with Crippen molar-refractivity contribution in [3.05, 3.63) is 107 Å². The van der Waals surface area contributed by atoms with E-state index in [0.717, 1.165) is 31.5 Å². The maximum Gasteiger partial charge on any atom is 0.303 e. The number of ether oxygens (including phenoxy) is 5. The highest BCUT2D eigenvalue weighted by Gasteiger charge is 2.54. The summed E-state index contributed by atoms with van der Waals surface area (Å²) in [4.78, 5) is 78.1. The summed E-state index contributed by atoms with van der Waals surface area (Å²) >= 11 is 0. The highest BCUT2D eigenvalue weighted by molar-refractivity contribution is 6.31. The number of carbonyl (C=O) groups excluding carboxylic acids is 6. The maximum absolute atomic E-state index is 14.5. The summed E-state index contributed by atoms with van der Waals surface area (Å²) < 4.78 is 28.5.